The van der Waals surface area contributed by atoms with E-state index in [1.165, 1.54) is 21.4 Å². The standard InChI is InChI=1S/C15H19N3O3S/c1-12-11-21-15(13-6-4-3-5-7-13)10-18(12)22(19,20)14-8-16-17(2)9-14/h3-9,12,15H,10-11H2,1-2H3/t12-,15-/m1/s1. The van der Waals surface area contributed by atoms with Gasteiger partial charge in [-0.05, 0) is 12.5 Å². The predicted octanol–water partition coefficient (Wildman–Crippen LogP) is 1.57. The lowest BCUT2D eigenvalue weighted by Gasteiger charge is -2.36. The number of rotatable bonds is 3. The highest BCUT2D eigenvalue weighted by Gasteiger charge is 2.36. The molecule has 0 radical (unpaired) electrons. The molecule has 1 saturated heterocycles. The van der Waals surface area contributed by atoms with Gasteiger partial charge in [0.15, 0.2) is 0 Å². The molecule has 0 bridgehead atoms. The fourth-order valence-corrected chi connectivity index (χ4v) is 4.21. The first-order valence-corrected chi connectivity index (χ1v) is 8.59. The Morgan fingerprint density at radius 1 is 1.27 bits per heavy atom. The SMILES string of the molecule is C[C@@H]1CO[C@@H](c2ccccc2)CN1S(=O)(=O)c1cnn(C)c1. The molecule has 0 unspecified atom stereocenters. The number of benzene rings is 1. The summed E-state index contributed by atoms with van der Waals surface area (Å²) in [6, 6.07) is 9.49. The molecule has 1 aliphatic heterocycles. The largest absolute Gasteiger partial charge is 0.370 e. The van der Waals surface area contributed by atoms with E-state index in [0.29, 0.717) is 13.2 Å². The van der Waals surface area contributed by atoms with Crippen LogP contribution in [-0.2, 0) is 21.8 Å². The molecule has 0 spiro atoms. The number of sulfonamides is 1. The van der Waals surface area contributed by atoms with Gasteiger partial charge in [0.05, 0.1) is 18.9 Å². The number of hydrogen-bond acceptors (Lipinski definition) is 4. The normalized spacial score (nSPS) is 23.5. The van der Waals surface area contributed by atoms with Gasteiger partial charge < -0.3 is 4.74 Å². The van der Waals surface area contributed by atoms with Crippen LogP contribution in [0.25, 0.3) is 0 Å². The molecule has 0 N–H and O–H groups in total. The molecule has 0 saturated carbocycles. The van der Waals surface area contributed by atoms with Gasteiger partial charge in [-0.2, -0.15) is 9.40 Å². The highest BCUT2D eigenvalue weighted by atomic mass is 32.2. The van der Waals surface area contributed by atoms with E-state index in [1.807, 2.05) is 37.3 Å². The molecular weight excluding hydrogens is 302 g/mol. The lowest BCUT2D eigenvalue weighted by molar-refractivity contribution is -0.0288. The summed E-state index contributed by atoms with van der Waals surface area (Å²) in [7, 11) is -1.86. The van der Waals surface area contributed by atoms with E-state index in [9.17, 15) is 8.42 Å². The maximum atomic E-state index is 12.8. The van der Waals surface area contributed by atoms with Gasteiger partial charge in [0, 0.05) is 25.8 Å². The summed E-state index contributed by atoms with van der Waals surface area (Å²) in [6.07, 6.45) is 2.66. The van der Waals surface area contributed by atoms with Gasteiger partial charge in [0.2, 0.25) is 10.0 Å². The zero-order valence-electron chi connectivity index (χ0n) is 12.6. The molecule has 22 heavy (non-hydrogen) atoms. The van der Waals surface area contributed by atoms with Crippen LogP contribution in [0, 0.1) is 0 Å². The Bertz CT molecular complexity index is 742. The second kappa shape index (κ2) is 5.83. The first-order chi connectivity index (χ1) is 10.5. The molecule has 7 heteroatoms. The van der Waals surface area contributed by atoms with Crippen molar-refractivity contribution in [3.63, 3.8) is 0 Å². The van der Waals surface area contributed by atoms with Crippen LogP contribution >= 0.6 is 0 Å². The topological polar surface area (TPSA) is 64.4 Å². The van der Waals surface area contributed by atoms with Crippen molar-refractivity contribution in [2.75, 3.05) is 13.2 Å². The Morgan fingerprint density at radius 3 is 2.64 bits per heavy atom. The van der Waals surface area contributed by atoms with Crippen LogP contribution in [-0.4, -0.2) is 41.7 Å². The maximum Gasteiger partial charge on any atom is 0.246 e. The number of aryl methyl sites for hydroxylation is 1. The molecule has 3 rings (SSSR count). The van der Waals surface area contributed by atoms with Gasteiger partial charge in [0.1, 0.15) is 4.90 Å². The summed E-state index contributed by atoms with van der Waals surface area (Å²) < 4.78 is 34.4. The Hall–Kier alpha value is -1.70. The van der Waals surface area contributed by atoms with Crippen molar-refractivity contribution < 1.29 is 13.2 Å². The molecule has 2 atom stereocenters. The number of hydrogen-bond donors (Lipinski definition) is 0. The Labute approximate surface area is 130 Å². The second-order valence-corrected chi connectivity index (χ2v) is 7.40. The fourth-order valence-electron chi connectivity index (χ4n) is 2.61. The third kappa shape index (κ3) is 2.79. The van der Waals surface area contributed by atoms with E-state index >= 15 is 0 Å². The van der Waals surface area contributed by atoms with Crippen LogP contribution in [0.15, 0.2) is 47.6 Å². The molecule has 1 fully saturated rings. The van der Waals surface area contributed by atoms with Crippen LogP contribution in [0.2, 0.25) is 0 Å². The predicted molar refractivity (Wildman–Crippen MR) is 81.7 cm³/mol. The van der Waals surface area contributed by atoms with Gasteiger partial charge in [0.25, 0.3) is 0 Å². The number of morpholine rings is 1. The molecule has 6 nitrogen and oxygen atoms in total. The summed E-state index contributed by atoms with van der Waals surface area (Å²) in [5.41, 5.74) is 0.987. The van der Waals surface area contributed by atoms with Crippen LogP contribution in [0.5, 0.6) is 0 Å². The molecule has 0 aliphatic carbocycles. The first kappa shape index (κ1) is 15.2. The minimum atomic E-state index is -3.56. The lowest BCUT2D eigenvalue weighted by atomic mass is 10.1. The number of ether oxygens (including phenoxy) is 1. The van der Waals surface area contributed by atoms with E-state index in [0.717, 1.165) is 5.56 Å². The van der Waals surface area contributed by atoms with Crippen LogP contribution in [0.1, 0.15) is 18.6 Å². The van der Waals surface area contributed by atoms with Crippen LogP contribution in [0.4, 0.5) is 0 Å². The van der Waals surface area contributed by atoms with Crippen molar-refractivity contribution >= 4 is 10.0 Å². The molecule has 1 aliphatic rings. The monoisotopic (exact) mass is 321 g/mol. The van der Waals surface area contributed by atoms with Gasteiger partial charge >= 0.3 is 0 Å². The zero-order chi connectivity index (χ0) is 15.7. The van der Waals surface area contributed by atoms with E-state index in [4.69, 9.17) is 4.74 Å². The summed E-state index contributed by atoms with van der Waals surface area (Å²) >= 11 is 0. The van der Waals surface area contributed by atoms with Gasteiger partial charge in [-0.1, -0.05) is 30.3 Å². The Kier molecular flexibility index (Phi) is 4.03. The highest BCUT2D eigenvalue weighted by molar-refractivity contribution is 7.89. The molecule has 118 valence electrons. The van der Waals surface area contributed by atoms with Crippen molar-refractivity contribution in [1.29, 1.82) is 0 Å². The van der Waals surface area contributed by atoms with Crippen LogP contribution < -0.4 is 0 Å². The highest BCUT2D eigenvalue weighted by Crippen LogP contribution is 2.29. The van der Waals surface area contributed by atoms with Crippen molar-refractivity contribution in [3.8, 4) is 0 Å². The van der Waals surface area contributed by atoms with Crippen molar-refractivity contribution in [2.24, 2.45) is 7.05 Å². The number of aromatic nitrogens is 2. The van der Waals surface area contributed by atoms with Crippen molar-refractivity contribution in [2.45, 2.75) is 24.0 Å². The number of nitrogens with zero attached hydrogens (tertiary/aromatic N) is 3. The summed E-state index contributed by atoms with van der Waals surface area (Å²) in [4.78, 5) is 0.218. The molecule has 1 aromatic carbocycles. The minimum absolute atomic E-state index is 0.204. The molecule has 2 aromatic rings. The average molecular weight is 321 g/mol. The average Bonchev–Trinajstić information content (AvgIpc) is 2.96. The van der Waals surface area contributed by atoms with E-state index in [1.54, 1.807) is 7.05 Å². The molecule has 0 amide bonds. The maximum absolute atomic E-state index is 12.8. The molecule has 2 heterocycles. The minimum Gasteiger partial charge on any atom is -0.370 e. The van der Waals surface area contributed by atoms with Gasteiger partial charge in [-0.3, -0.25) is 4.68 Å². The second-order valence-electron chi connectivity index (χ2n) is 5.51. The van der Waals surface area contributed by atoms with Gasteiger partial charge in [-0.15, -0.1) is 0 Å². The van der Waals surface area contributed by atoms with Crippen molar-refractivity contribution in [1.82, 2.24) is 14.1 Å². The van der Waals surface area contributed by atoms with E-state index in [-0.39, 0.29) is 17.0 Å². The third-order valence-electron chi connectivity index (χ3n) is 3.84. The quantitative estimate of drug-likeness (QED) is 0.861. The molecular formula is C15H19N3O3S. The van der Waals surface area contributed by atoms with E-state index in [2.05, 4.69) is 5.10 Å². The Balaban J connectivity index is 1.89. The fraction of sp³-hybridized carbons (Fsp3) is 0.400. The lowest BCUT2D eigenvalue weighted by Crippen LogP contribution is -2.48. The summed E-state index contributed by atoms with van der Waals surface area (Å²) in [6.45, 7) is 2.54. The zero-order valence-corrected chi connectivity index (χ0v) is 13.4. The third-order valence-corrected chi connectivity index (χ3v) is 5.77. The first-order valence-electron chi connectivity index (χ1n) is 7.15. The van der Waals surface area contributed by atoms with Crippen molar-refractivity contribution in [3.05, 3.63) is 48.3 Å². The van der Waals surface area contributed by atoms with E-state index < -0.39 is 10.0 Å². The summed E-state index contributed by atoms with van der Waals surface area (Å²) in [5, 5.41) is 3.96. The van der Waals surface area contributed by atoms with Gasteiger partial charge in [-0.25, -0.2) is 8.42 Å². The van der Waals surface area contributed by atoms with Crippen LogP contribution in [0.3, 0.4) is 0 Å². The Morgan fingerprint density at radius 2 is 2.00 bits per heavy atom. The summed E-state index contributed by atoms with van der Waals surface area (Å²) in [5.74, 6) is 0. The molecule has 1 aromatic heterocycles. The smallest absolute Gasteiger partial charge is 0.246 e.